The Bertz CT molecular complexity index is 776. The summed E-state index contributed by atoms with van der Waals surface area (Å²) >= 11 is 0. The van der Waals surface area contributed by atoms with E-state index in [-0.39, 0.29) is 17.9 Å². The number of nitrogens with one attached hydrogen (secondary N) is 1. The predicted octanol–water partition coefficient (Wildman–Crippen LogP) is -0.635. The highest BCUT2D eigenvalue weighted by molar-refractivity contribution is 5.79. The van der Waals surface area contributed by atoms with Gasteiger partial charge >= 0.3 is 0 Å². The molecule has 0 radical (unpaired) electrons. The van der Waals surface area contributed by atoms with Crippen molar-refractivity contribution in [3.8, 4) is 0 Å². The molecule has 1 saturated heterocycles. The van der Waals surface area contributed by atoms with Gasteiger partial charge in [-0.25, -0.2) is 9.97 Å². The van der Waals surface area contributed by atoms with Crippen LogP contribution < -0.4 is 5.56 Å². The zero-order valence-electron chi connectivity index (χ0n) is 14.6. The number of carbonyl (C=O) groups is 1. The molecule has 0 aliphatic carbocycles. The van der Waals surface area contributed by atoms with Crippen LogP contribution in [0.15, 0.2) is 17.4 Å². The molecule has 25 heavy (non-hydrogen) atoms. The summed E-state index contributed by atoms with van der Waals surface area (Å²) in [6, 6.07) is 0. The standard InChI is InChI=1S/C16H23N7O2/c1-12-14(16(25)20-13(2)19-12)9-15(24)22-6-3-21(4-7-22)5-8-23-11-17-10-18-23/h10-11H,3-9H2,1-2H3,(H,19,20,25). The molecule has 0 bridgehead atoms. The van der Waals surface area contributed by atoms with Gasteiger partial charge in [-0.15, -0.1) is 0 Å². The Morgan fingerprint density at radius 1 is 1.20 bits per heavy atom. The minimum atomic E-state index is -0.218. The molecule has 0 atom stereocenters. The van der Waals surface area contributed by atoms with Gasteiger partial charge in [0.1, 0.15) is 18.5 Å². The van der Waals surface area contributed by atoms with Crippen molar-refractivity contribution in [3.63, 3.8) is 0 Å². The van der Waals surface area contributed by atoms with Crippen molar-refractivity contribution in [2.24, 2.45) is 0 Å². The Morgan fingerprint density at radius 2 is 1.96 bits per heavy atom. The molecular formula is C16H23N7O2. The van der Waals surface area contributed by atoms with Crippen molar-refractivity contribution in [2.45, 2.75) is 26.8 Å². The maximum absolute atomic E-state index is 12.5. The van der Waals surface area contributed by atoms with Crippen molar-refractivity contribution < 1.29 is 4.79 Å². The lowest BCUT2D eigenvalue weighted by atomic mass is 10.1. The molecule has 1 fully saturated rings. The van der Waals surface area contributed by atoms with Crippen molar-refractivity contribution in [1.82, 2.24) is 34.5 Å². The summed E-state index contributed by atoms with van der Waals surface area (Å²) < 4.78 is 1.80. The van der Waals surface area contributed by atoms with E-state index < -0.39 is 0 Å². The Labute approximate surface area is 145 Å². The number of hydrogen-bond donors (Lipinski definition) is 1. The highest BCUT2D eigenvalue weighted by Crippen LogP contribution is 2.07. The summed E-state index contributed by atoms with van der Waals surface area (Å²) in [4.78, 5) is 39.5. The van der Waals surface area contributed by atoms with Crippen LogP contribution >= 0.6 is 0 Å². The second kappa shape index (κ2) is 7.56. The molecule has 0 saturated carbocycles. The molecule has 1 amide bonds. The quantitative estimate of drug-likeness (QED) is 0.774. The van der Waals surface area contributed by atoms with E-state index in [4.69, 9.17) is 0 Å². The second-order valence-corrected chi connectivity index (χ2v) is 6.27. The highest BCUT2D eigenvalue weighted by Gasteiger charge is 2.22. The Kier molecular flexibility index (Phi) is 5.22. The third-order valence-corrected chi connectivity index (χ3v) is 4.51. The van der Waals surface area contributed by atoms with Crippen LogP contribution in [0.3, 0.4) is 0 Å². The monoisotopic (exact) mass is 345 g/mol. The van der Waals surface area contributed by atoms with E-state index in [2.05, 4.69) is 25.0 Å². The fourth-order valence-electron chi connectivity index (χ4n) is 3.04. The maximum atomic E-state index is 12.5. The number of H-pyrrole nitrogens is 1. The van der Waals surface area contributed by atoms with Gasteiger partial charge in [0.15, 0.2) is 0 Å². The van der Waals surface area contributed by atoms with Crippen LogP contribution in [-0.2, 0) is 17.8 Å². The highest BCUT2D eigenvalue weighted by atomic mass is 16.2. The number of aromatic nitrogens is 5. The number of amides is 1. The summed E-state index contributed by atoms with van der Waals surface area (Å²) in [6.45, 7) is 8.16. The first kappa shape index (κ1) is 17.3. The molecule has 2 aromatic rings. The third-order valence-electron chi connectivity index (χ3n) is 4.51. The van der Waals surface area contributed by atoms with Gasteiger partial charge in [0, 0.05) is 44.0 Å². The first-order chi connectivity index (χ1) is 12.0. The van der Waals surface area contributed by atoms with Gasteiger partial charge in [-0.05, 0) is 13.8 Å². The molecule has 3 heterocycles. The summed E-state index contributed by atoms with van der Waals surface area (Å²) in [5.41, 5.74) is 0.870. The number of piperazine rings is 1. The number of aryl methyl sites for hydroxylation is 2. The summed E-state index contributed by atoms with van der Waals surface area (Å²) in [6.07, 6.45) is 3.34. The van der Waals surface area contributed by atoms with Crippen molar-refractivity contribution in [1.29, 1.82) is 0 Å². The molecule has 134 valence electrons. The average molecular weight is 345 g/mol. The molecule has 9 heteroatoms. The van der Waals surface area contributed by atoms with E-state index >= 15 is 0 Å². The minimum absolute atomic E-state index is 0.0184. The lowest BCUT2D eigenvalue weighted by Crippen LogP contribution is -2.50. The lowest BCUT2D eigenvalue weighted by Gasteiger charge is -2.34. The average Bonchev–Trinajstić information content (AvgIpc) is 3.10. The smallest absolute Gasteiger partial charge is 0.254 e. The summed E-state index contributed by atoms with van der Waals surface area (Å²) in [5, 5.41) is 4.09. The van der Waals surface area contributed by atoms with Gasteiger partial charge in [-0.2, -0.15) is 5.10 Å². The fraction of sp³-hybridized carbons (Fsp3) is 0.562. The topological polar surface area (TPSA) is 100 Å². The number of carbonyl (C=O) groups excluding carboxylic acids is 1. The van der Waals surface area contributed by atoms with Crippen LogP contribution in [0.1, 0.15) is 17.1 Å². The fourth-order valence-corrected chi connectivity index (χ4v) is 3.04. The van der Waals surface area contributed by atoms with E-state index in [9.17, 15) is 9.59 Å². The number of aromatic amines is 1. The van der Waals surface area contributed by atoms with Gasteiger partial charge < -0.3 is 9.88 Å². The maximum Gasteiger partial charge on any atom is 0.254 e. The van der Waals surface area contributed by atoms with Crippen LogP contribution in [-0.4, -0.2) is 73.2 Å². The van der Waals surface area contributed by atoms with Gasteiger partial charge in [-0.1, -0.05) is 0 Å². The lowest BCUT2D eigenvalue weighted by molar-refractivity contribution is -0.132. The normalized spacial score (nSPS) is 15.5. The van der Waals surface area contributed by atoms with Gasteiger partial charge in [0.25, 0.3) is 5.56 Å². The van der Waals surface area contributed by atoms with Crippen LogP contribution in [0.4, 0.5) is 0 Å². The van der Waals surface area contributed by atoms with Crippen LogP contribution in [0.2, 0.25) is 0 Å². The summed E-state index contributed by atoms with van der Waals surface area (Å²) in [5.74, 6) is 0.551. The van der Waals surface area contributed by atoms with Crippen molar-refractivity contribution >= 4 is 5.91 Å². The van der Waals surface area contributed by atoms with E-state index in [0.29, 0.717) is 30.2 Å². The Hall–Kier alpha value is -2.55. The number of rotatable bonds is 5. The molecule has 0 unspecified atom stereocenters. The number of hydrogen-bond acceptors (Lipinski definition) is 6. The molecular weight excluding hydrogens is 322 g/mol. The largest absolute Gasteiger partial charge is 0.340 e. The third kappa shape index (κ3) is 4.30. The molecule has 3 rings (SSSR count). The van der Waals surface area contributed by atoms with E-state index in [1.165, 1.54) is 6.33 Å². The molecule has 2 aromatic heterocycles. The summed E-state index contributed by atoms with van der Waals surface area (Å²) in [7, 11) is 0. The van der Waals surface area contributed by atoms with Crippen molar-refractivity contribution in [3.05, 3.63) is 40.1 Å². The molecule has 9 nitrogen and oxygen atoms in total. The van der Waals surface area contributed by atoms with Gasteiger partial charge in [0.05, 0.1) is 13.0 Å². The van der Waals surface area contributed by atoms with E-state index in [1.54, 1.807) is 24.9 Å². The zero-order valence-corrected chi connectivity index (χ0v) is 14.6. The Balaban J connectivity index is 1.51. The van der Waals surface area contributed by atoms with E-state index in [1.807, 2.05) is 4.90 Å². The van der Waals surface area contributed by atoms with Crippen LogP contribution in [0.5, 0.6) is 0 Å². The molecule has 0 spiro atoms. The molecule has 1 aliphatic heterocycles. The van der Waals surface area contributed by atoms with Crippen LogP contribution in [0, 0.1) is 13.8 Å². The van der Waals surface area contributed by atoms with E-state index in [0.717, 1.165) is 26.2 Å². The Morgan fingerprint density at radius 3 is 2.60 bits per heavy atom. The number of nitrogens with zero attached hydrogens (tertiary/aromatic N) is 6. The van der Waals surface area contributed by atoms with Crippen LogP contribution in [0.25, 0.3) is 0 Å². The van der Waals surface area contributed by atoms with Crippen molar-refractivity contribution in [2.75, 3.05) is 32.7 Å². The molecule has 1 N–H and O–H groups in total. The molecule has 0 aromatic carbocycles. The first-order valence-electron chi connectivity index (χ1n) is 8.42. The SMILES string of the molecule is Cc1nc(C)c(CC(=O)N2CCN(CCn3cncn3)CC2)c(=O)[nH]1. The van der Waals surface area contributed by atoms with Gasteiger partial charge in [0.2, 0.25) is 5.91 Å². The second-order valence-electron chi connectivity index (χ2n) is 6.27. The van der Waals surface area contributed by atoms with Gasteiger partial charge in [-0.3, -0.25) is 19.2 Å². The predicted molar refractivity (Wildman–Crippen MR) is 91.1 cm³/mol. The first-order valence-corrected chi connectivity index (χ1v) is 8.42. The molecule has 1 aliphatic rings. The minimum Gasteiger partial charge on any atom is -0.340 e. The zero-order chi connectivity index (χ0) is 17.8.